The average molecular weight is 298 g/mol. The lowest BCUT2D eigenvalue weighted by atomic mass is 9.92. The van der Waals surface area contributed by atoms with Crippen LogP contribution in [0.3, 0.4) is 0 Å². The molecule has 0 bridgehead atoms. The van der Waals surface area contributed by atoms with Crippen LogP contribution in [-0.4, -0.2) is 53.5 Å². The van der Waals surface area contributed by atoms with Gasteiger partial charge in [0.2, 0.25) is 0 Å². The summed E-state index contributed by atoms with van der Waals surface area (Å²) in [6.07, 6.45) is 5.11. The van der Waals surface area contributed by atoms with E-state index in [1.165, 1.54) is 0 Å². The summed E-state index contributed by atoms with van der Waals surface area (Å²) >= 11 is 0. The molecule has 1 aliphatic carbocycles. The smallest absolute Gasteiger partial charge is 0.317 e. The lowest BCUT2D eigenvalue weighted by Crippen LogP contribution is -2.52. The summed E-state index contributed by atoms with van der Waals surface area (Å²) < 4.78 is 5.83. The fourth-order valence-electron chi connectivity index (χ4n) is 3.23. The van der Waals surface area contributed by atoms with Crippen LogP contribution in [0.25, 0.3) is 0 Å². The second-order valence-corrected chi connectivity index (χ2v) is 6.89. The number of urea groups is 1. The predicted molar refractivity (Wildman–Crippen MR) is 82.2 cm³/mol. The summed E-state index contributed by atoms with van der Waals surface area (Å²) in [5, 5.41) is 13.0. The van der Waals surface area contributed by atoms with Gasteiger partial charge in [-0.1, -0.05) is 6.92 Å². The third-order valence-electron chi connectivity index (χ3n) is 4.67. The minimum atomic E-state index is -0.389. The molecule has 122 valence electrons. The number of piperidine rings is 1. The van der Waals surface area contributed by atoms with Gasteiger partial charge in [0.1, 0.15) is 0 Å². The molecule has 2 rings (SSSR count). The topological polar surface area (TPSA) is 61.8 Å². The Morgan fingerprint density at radius 2 is 1.90 bits per heavy atom. The maximum absolute atomic E-state index is 12.3. The summed E-state index contributed by atoms with van der Waals surface area (Å²) in [7, 11) is 0. The number of likely N-dealkylation sites (tertiary alicyclic amines) is 1. The first-order chi connectivity index (χ1) is 9.95. The quantitative estimate of drug-likeness (QED) is 0.839. The van der Waals surface area contributed by atoms with E-state index >= 15 is 0 Å². The molecule has 0 aromatic carbocycles. The number of carbonyl (C=O) groups excluding carboxylic acids is 1. The highest BCUT2D eigenvalue weighted by Gasteiger charge is 2.29. The number of aliphatic hydroxyl groups is 1. The van der Waals surface area contributed by atoms with E-state index in [0.717, 1.165) is 38.6 Å². The third-order valence-corrected chi connectivity index (χ3v) is 4.67. The van der Waals surface area contributed by atoms with Crippen LogP contribution in [0.15, 0.2) is 0 Å². The molecule has 1 heterocycles. The molecule has 21 heavy (non-hydrogen) atoms. The van der Waals surface area contributed by atoms with Crippen molar-refractivity contribution in [1.82, 2.24) is 10.2 Å². The number of hydrogen-bond donors (Lipinski definition) is 2. The minimum absolute atomic E-state index is 0.0193. The second-order valence-electron chi connectivity index (χ2n) is 6.89. The van der Waals surface area contributed by atoms with E-state index in [1.807, 2.05) is 6.92 Å². The Morgan fingerprint density at radius 1 is 1.24 bits per heavy atom. The molecule has 2 aliphatic rings. The number of rotatable bonds is 3. The first-order valence-electron chi connectivity index (χ1n) is 8.34. The number of carbonyl (C=O) groups is 1. The molecule has 1 saturated carbocycles. The molecule has 2 N–H and O–H groups in total. The lowest BCUT2D eigenvalue weighted by Gasteiger charge is -2.36. The van der Waals surface area contributed by atoms with Crippen LogP contribution < -0.4 is 5.32 Å². The Hall–Kier alpha value is -0.810. The minimum Gasteiger partial charge on any atom is -0.391 e. The first kappa shape index (κ1) is 16.6. The lowest BCUT2D eigenvalue weighted by molar-refractivity contribution is -0.0161. The summed E-state index contributed by atoms with van der Waals surface area (Å²) in [6, 6.07) is 0.232. The predicted octanol–water partition coefficient (Wildman–Crippen LogP) is 2.13. The van der Waals surface area contributed by atoms with Crippen molar-refractivity contribution < 1.29 is 14.6 Å². The molecule has 2 fully saturated rings. The number of β-amino-alcohol motifs (C(OH)–C–C–N with tert-alkyl or cyclic N) is 1. The molecule has 0 aromatic rings. The fraction of sp³-hybridized carbons (Fsp3) is 0.938. The van der Waals surface area contributed by atoms with Crippen LogP contribution in [0.4, 0.5) is 4.79 Å². The molecule has 0 radical (unpaired) electrons. The number of amides is 2. The summed E-state index contributed by atoms with van der Waals surface area (Å²) in [5.41, 5.74) is 0. The van der Waals surface area contributed by atoms with Crippen LogP contribution in [-0.2, 0) is 4.74 Å². The molecular weight excluding hydrogens is 268 g/mol. The number of aliphatic hydroxyl groups excluding tert-OH is 1. The molecule has 1 aliphatic heterocycles. The Morgan fingerprint density at radius 3 is 2.48 bits per heavy atom. The van der Waals surface area contributed by atoms with E-state index in [0.29, 0.717) is 12.6 Å². The normalized spacial score (nSPS) is 34.0. The summed E-state index contributed by atoms with van der Waals surface area (Å²) in [6.45, 7) is 7.37. The number of nitrogens with one attached hydrogen (secondary N) is 1. The molecule has 0 aromatic heterocycles. The van der Waals surface area contributed by atoms with Gasteiger partial charge in [0.05, 0.1) is 18.3 Å². The summed E-state index contributed by atoms with van der Waals surface area (Å²) in [4.78, 5) is 14.0. The van der Waals surface area contributed by atoms with Crippen molar-refractivity contribution in [3.05, 3.63) is 0 Å². The van der Waals surface area contributed by atoms with Crippen molar-refractivity contribution in [1.29, 1.82) is 0 Å². The van der Waals surface area contributed by atoms with Gasteiger partial charge in [-0.05, 0) is 51.9 Å². The fourth-order valence-corrected chi connectivity index (χ4v) is 3.23. The van der Waals surface area contributed by atoms with Gasteiger partial charge in [0, 0.05) is 19.1 Å². The van der Waals surface area contributed by atoms with Crippen LogP contribution in [0.1, 0.15) is 52.9 Å². The summed E-state index contributed by atoms with van der Waals surface area (Å²) in [5.74, 6) is 0.290. The zero-order valence-corrected chi connectivity index (χ0v) is 13.5. The molecule has 1 saturated heterocycles. The van der Waals surface area contributed by atoms with Gasteiger partial charge in [-0.3, -0.25) is 0 Å². The van der Waals surface area contributed by atoms with Crippen molar-refractivity contribution in [3.63, 3.8) is 0 Å². The van der Waals surface area contributed by atoms with Gasteiger partial charge in [-0.25, -0.2) is 4.79 Å². The maximum atomic E-state index is 12.3. The van der Waals surface area contributed by atoms with E-state index in [1.54, 1.807) is 4.90 Å². The molecule has 2 unspecified atom stereocenters. The Balaban J connectivity index is 1.72. The molecule has 5 heteroatoms. The highest BCUT2D eigenvalue weighted by molar-refractivity contribution is 5.74. The van der Waals surface area contributed by atoms with E-state index in [-0.39, 0.29) is 30.2 Å². The zero-order valence-electron chi connectivity index (χ0n) is 13.5. The SMILES string of the molecule is CC(C)OC1CCC(NC(=O)N2CCC(C)C(O)C2)CC1. The van der Waals surface area contributed by atoms with Crippen LogP contribution in [0, 0.1) is 5.92 Å². The van der Waals surface area contributed by atoms with Crippen LogP contribution in [0.5, 0.6) is 0 Å². The van der Waals surface area contributed by atoms with E-state index in [9.17, 15) is 9.90 Å². The van der Waals surface area contributed by atoms with Crippen molar-refractivity contribution in [2.45, 2.75) is 77.2 Å². The van der Waals surface area contributed by atoms with Crippen molar-refractivity contribution >= 4 is 6.03 Å². The van der Waals surface area contributed by atoms with Crippen LogP contribution >= 0.6 is 0 Å². The largest absolute Gasteiger partial charge is 0.391 e. The standard InChI is InChI=1S/C16H30N2O3/c1-11(2)21-14-6-4-13(5-7-14)17-16(20)18-9-8-12(3)15(19)10-18/h11-15,19H,4-10H2,1-3H3,(H,17,20). The van der Waals surface area contributed by atoms with Crippen molar-refractivity contribution in [2.75, 3.05) is 13.1 Å². The van der Waals surface area contributed by atoms with Gasteiger partial charge in [-0.15, -0.1) is 0 Å². The highest BCUT2D eigenvalue weighted by Crippen LogP contribution is 2.23. The molecule has 2 atom stereocenters. The Kier molecular flexibility index (Phi) is 5.88. The van der Waals surface area contributed by atoms with E-state index < -0.39 is 0 Å². The van der Waals surface area contributed by atoms with E-state index in [4.69, 9.17) is 4.74 Å². The Bertz CT molecular complexity index is 340. The molecule has 2 amide bonds. The number of ether oxygens (including phenoxy) is 1. The zero-order chi connectivity index (χ0) is 15.4. The Labute approximate surface area is 128 Å². The van der Waals surface area contributed by atoms with Gasteiger partial charge in [-0.2, -0.15) is 0 Å². The van der Waals surface area contributed by atoms with E-state index in [2.05, 4.69) is 19.2 Å². The van der Waals surface area contributed by atoms with Crippen molar-refractivity contribution in [3.8, 4) is 0 Å². The van der Waals surface area contributed by atoms with Gasteiger partial charge in [0.25, 0.3) is 0 Å². The monoisotopic (exact) mass is 298 g/mol. The van der Waals surface area contributed by atoms with Crippen LogP contribution in [0.2, 0.25) is 0 Å². The van der Waals surface area contributed by atoms with Gasteiger partial charge >= 0.3 is 6.03 Å². The molecular formula is C16H30N2O3. The average Bonchev–Trinajstić information content (AvgIpc) is 2.43. The van der Waals surface area contributed by atoms with Crippen molar-refractivity contribution in [2.24, 2.45) is 5.92 Å². The second kappa shape index (κ2) is 7.45. The first-order valence-corrected chi connectivity index (χ1v) is 8.34. The number of nitrogens with zero attached hydrogens (tertiary/aromatic N) is 1. The third kappa shape index (κ3) is 4.85. The maximum Gasteiger partial charge on any atom is 0.317 e. The number of hydrogen-bond acceptors (Lipinski definition) is 3. The van der Waals surface area contributed by atoms with Gasteiger partial charge in [0.15, 0.2) is 0 Å². The molecule has 0 spiro atoms. The van der Waals surface area contributed by atoms with Gasteiger partial charge < -0.3 is 20.1 Å². The highest BCUT2D eigenvalue weighted by atomic mass is 16.5. The molecule has 5 nitrogen and oxygen atoms in total.